The van der Waals surface area contributed by atoms with E-state index in [2.05, 4.69) is 11.6 Å². The van der Waals surface area contributed by atoms with Crippen LogP contribution in [0, 0.1) is 22.9 Å². The number of hydrazine groups is 1. The molecule has 0 bridgehead atoms. The first-order valence-corrected chi connectivity index (χ1v) is 1.27. The van der Waals surface area contributed by atoms with E-state index in [1.165, 1.54) is 12.4 Å². The maximum Gasteiger partial charge on any atom is 0.192 e. The van der Waals surface area contributed by atoms with Gasteiger partial charge in [0, 0.05) is 0 Å². The molecular formula is C2H5N5. The fraction of sp³-hybridized carbons (Fsp3) is 0. The van der Waals surface area contributed by atoms with Gasteiger partial charge in [-0.25, -0.2) is 5.84 Å². The van der Waals surface area contributed by atoms with Crippen LogP contribution in [-0.2, 0) is 0 Å². The molecule has 0 spiro atoms. The van der Waals surface area contributed by atoms with E-state index in [9.17, 15) is 0 Å². The Balaban J connectivity index is 0. The van der Waals surface area contributed by atoms with Crippen molar-refractivity contribution in [3.63, 3.8) is 0 Å². The van der Waals surface area contributed by atoms with Gasteiger partial charge < -0.3 is 5.73 Å². The molecule has 0 aromatic rings. The first-order chi connectivity index (χ1) is 3.33. The zero-order valence-corrected chi connectivity index (χ0v) is 3.55. The van der Waals surface area contributed by atoms with Gasteiger partial charge in [-0.2, -0.15) is 10.5 Å². The third-order valence-corrected chi connectivity index (χ3v) is 0.0645. The van der Waals surface area contributed by atoms with Gasteiger partial charge in [-0.3, -0.25) is 5.43 Å². The van der Waals surface area contributed by atoms with Gasteiger partial charge in [-0.1, -0.05) is 0 Å². The predicted molar refractivity (Wildman–Crippen MR) is 22.7 cm³/mol. The largest absolute Gasteiger partial charge is 0.337 e. The Labute approximate surface area is 41.1 Å². The number of hydrogen-bond acceptors (Lipinski definition) is 5. The normalized spacial score (nSPS) is 3.29. The smallest absolute Gasteiger partial charge is 0.192 e. The molecule has 0 aliphatic heterocycles. The molecule has 0 aromatic carbocycles. The summed E-state index contributed by atoms with van der Waals surface area (Å²) >= 11 is 0. The summed E-state index contributed by atoms with van der Waals surface area (Å²) in [6.07, 6.45) is 2.71. The van der Waals surface area contributed by atoms with Gasteiger partial charge in [-0.05, 0) is 0 Å². The van der Waals surface area contributed by atoms with Crippen molar-refractivity contribution in [1.29, 1.82) is 10.5 Å². The molecule has 0 amide bonds. The zero-order chi connectivity index (χ0) is 6.12. The van der Waals surface area contributed by atoms with E-state index in [1.54, 1.807) is 5.43 Å². The SMILES string of the molecule is N#CN.N#CNN. The fourth-order valence-electron chi connectivity index (χ4n) is 0. The molecule has 0 aromatic heterocycles. The van der Waals surface area contributed by atoms with E-state index in [0.717, 1.165) is 0 Å². The molecule has 5 heteroatoms. The summed E-state index contributed by atoms with van der Waals surface area (Å²) in [5.74, 6) is 4.42. The minimum absolute atomic E-state index is 1.25. The van der Waals surface area contributed by atoms with Crippen LogP contribution in [-0.4, -0.2) is 0 Å². The number of nitrogens with zero attached hydrogens (tertiary/aromatic N) is 2. The monoisotopic (exact) mass is 99.1 g/mol. The molecule has 5 nitrogen and oxygen atoms in total. The fourth-order valence-corrected chi connectivity index (χ4v) is 0. The molecule has 0 fully saturated rings. The van der Waals surface area contributed by atoms with Crippen molar-refractivity contribution in [2.24, 2.45) is 11.6 Å². The van der Waals surface area contributed by atoms with Gasteiger partial charge in [-0.15, -0.1) is 0 Å². The van der Waals surface area contributed by atoms with Crippen molar-refractivity contribution in [2.75, 3.05) is 0 Å². The number of nitrogens with two attached hydrogens (primary N) is 2. The second-order valence-corrected chi connectivity index (χ2v) is 0.385. The highest BCUT2D eigenvalue weighted by Gasteiger charge is 1.38. The lowest BCUT2D eigenvalue weighted by Crippen LogP contribution is -2.12. The standard InChI is InChI=1S/CH3N3.CH2N2/c2-1-4-3;2-1-3/h4H,3H2;2H2. The highest BCUT2D eigenvalue weighted by molar-refractivity contribution is 4.53. The maximum absolute atomic E-state index is 7.39. The molecular weight excluding hydrogens is 94.1 g/mol. The molecule has 0 radical (unpaired) electrons. The van der Waals surface area contributed by atoms with Gasteiger partial charge in [0.1, 0.15) is 0 Å². The Morgan fingerprint density at radius 2 is 1.57 bits per heavy atom. The molecule has 0 rings (SSSR count). The second-order valence-electron chi connectivity index (χ2n) is 0.385. The lowest BCUT2D eigenvalue weighted by Gasteiger charge is -1.62. The van der Waals surface area contributed by atoms with Crippen molar-refractivity contribution >= 4 is 0 Å². The molecule has 0 aliphatic rings. The van der Waals surface area contributed by atoms with E-state index in [4.69, 9.17) is 10.5 Å². The van der Waals surface area contributed by atoms with Crippen molar-refractivity contribution in [3.05, 3.63) is 0 Å². The summed E-state index contributed by atoms with van der Waals surface area (Å²) < 4.78 is 0. The average Bonchev–Trinajstić information content (AvgIpc) is 1.69. The number of hydrogen-bond donors (Lipinski definition) is 3. The van der Waals surface area contributed by atoms with Crippen LogP contribution < -0.4 is 17.0 Å². The van der Waals surface area contributed by atoms with Crippen molar-refractivity contribution in [3.8, 4) is 12.4 Å². The summed E-state index contributed by atoms with van der Waals surface area (Å²) in [6.45, 7) is 0. The van der Waals surface area contributed by atoms with Crippen molar-refractivity contribution < 1.29 is 0 Å². The van der Waals surface area contributed by atoms with Gasteiger partial charge in [0.2, 0.25) is 0 Å². The first-order valence-electron chi connectivity index (χ1n) is 1.27. The third-order valence-electron chi connectivity index (χ3n) is 0.0645. The van der Waals surface area contributed by atoms with Gasteiger partial charge >= 0.3 is 0 Å². The van der Waals surface area contributed by atoms with E-state index < -0.39 is 0 Å². The molecule has 38 valence electrons. The van der Waals surface area contributed by atoms with E-state index >= 15 is 0 Å². The predicted octanol–water partition coefficient (Wildman–Crippen LogP) is -1.64. The summed E-state index contributed by atoms with van der Waals surface area (Å²) in [5, 5.41) is 14.5. The van der Waals surface area contributed by atoms with Gasteiger partial charge in [0.25, 0.3) is 0 Å². The lowest BCUT2D eigenvalue weighted by atomic mass is 11.4. The number of rotatable bonds is 0. The molecule has 0 atom stereocenters. The highest BCUT2D eigenvalue weighted by atomic mass is 15.2. The van der Waals surface area contributed by atoms with E-state index in [1.807, 2.05) is 0 Å². The van der Waals surface area contributed by atoms with Gasteiger partial charge in [0.15, 0.2) is 12.4 Å². The molecule has 5 N–H and O–H groups in total. The Bertz CT molecular complexity index is 83.2. The molecule has 0 aliphatic carbocycles. The van der Waals surface area contributed by atoms with Gasteiger partial charge in [0.05, 0.1) is 0 Å². The Kier molecular flexibility index (Phi) is 31.2. The van der Waals surface area contributed by atoms with Crippen LogP contribution in [0.15, 0.2) is 0 Å². The van der Waals surface area contributed by atoms with Crippen molar-refractivity contribution in [1.82, 2.24) is 5.43 Å². The molecule has 0 saturated heterocycles. The zero-order valence-electron chi connectivity index (χ0n) is 3.55. The summed E-state index contributed by atoms with van der Waals surface area (Å²) in [4.78, 5) is 0. The van der Waals surface area contributed by atoms with Crippen LogP contribution in [0.1, 0.15) is 0 Å². The topological polar surface area (TPSA) is 112 Å². The molecule has 0 heterocycles. The minimum Gasteiger partial charge on any atom is -0.337 e. The van der Waals surface area contributed by atoms with E-state index in [0.29, 0.717) is 0 Å². The molecule has 7 heavy (non-hydrogen) atoms. The number of nitrogens with one attached hydrogen (secondary N) is 1. The van der Waals surface area contributed by atoms with Crippen LogP contribution in [0.3, 0.4) is 0 Å². The number of nitriles is 2. The van der Waals surface area contributed by atoms with Crippen LogP contribution in [0.25, 0.3) is 0 Å². The average molecular weight is 99.1 g/mol. The first kappa shape index (κ1) is 9.11. The van der Waals surface area contributed by atoms with Crippen LogP contribution >= 0.6 is 0 Å². The van der Waals surface area contributed by atoms with Crippen LogP contribution in [0.2, 0.25) is 0 Å². The maximum atomic E-state index is 7.39. The summed E-state index contributed by atoms with van der Waals surface area (Å²) in [6, 6.07) is 0. The van der Waals surface area contributed by atoms with Crippen LogP contribution in [0.4, 0.5) is 0 Å². The van der Waals surface area contributed by atoms with E-state index in [-0.39, 0.29) is 0 Å². The second kappa shape index (κ2) is 24.0. The lowest BCUT2D eigenvalue weighted by molar-refractivity contribution is 0.984. The third kappa shape index (κ3) is 138. The summed E-state index contributed by atoms with van der Waals surface area (Å²) in [5.41, 5.74) is 5.89. The Morgan fingerprint density at radius 1 is 1.43 bits per heavy atom. The quantitative estimate of drug-likeness (QED) is 0.146. The Morgan fingerprint density at radius 3 is 1.57 bits per heavy atom. The molecule has 0 saturated carbocycles. The van der Waals surface area contributed by atoms with Crippen LogP contribution in [0.5, 0.6) is 0 Å². The minimum atomic E-state index is 1.25. The van der Waals surface area contributed by atoms with Crippen molar-refractivity contribution in [2.45, 2.75) is 0 Å². The highest BCUT2D eigenvalue weighted by Crippen LogP contribution is 1.08. The molecule has 0 unspecified atom stereocenters. The Hall–Kier alpha value is -1.46. The summed E-state index contributed by atoms with van der Waals surface area (Å²) in [7, 11) is 0.